The third-order valence-corrected chi connectivity index (χ3v) is 6.47. The van der Waals surface area contributed by atoms with E-state index in [4.69, 9.17) is 4.74 Å². The number of aromatic nitrogens is 3. The maximum Gasteiger partial charge on any atom is 0.416 e. The Morgan fingerprint density at radius 2 is 1.81 bits per heavy atom. The highest BCUT2D eigenvalue weighted by Gasteiger charge is 2.31. The van der Waals surface area contributed by atoms with Crippen LogP contribution in [0.15, 0.2) is 84.4 Å². The topological polar surface area (TPSA) is 69.4 Å². The molecule has 4 aromatic rings. The summed E-state index contributed by atoms with van der Waals surface area (Å²) in [6, 6.07) is 13.3. The second kappa shape index (κ2) is 9.61. The molecule has 37 heavy (non-hydrogen) atoms. The maximum atomic E-state index is 13.6. The van der Waals surface area contributed by atoms with Crippen LogP contribution in [0.2, 0.25) is 0 Å². The number of hydrogen-bond donors (Lipinski definition) is 0. The third-order valence-electron chi connectivity index (χ3n) is 6.47. The van der Waals surface area contributed by atoms with E-state index in [1.807, 2.05) is 0 Å². The first-order valence-electron chi connectivity index (χ1n) is 11.6. The van der Waals surface area contributed by atoms with Crippen molar-refractivity contribution >= 4 is 16.9 Å². The molecule has 1 saturated heterocycles. The molecule has 3 heterocycles. The Bertz CT molecular complexity index is 1510. The van der Waals surface area contributed by atoms with Crippen LogP contribution in [0.4, 0.5) is 13.2 Å². The molecule has 0 saturated carbocycles. The SMILES string of the molecule is C=CC(=O)N1CC[C@@H](n2c(=O)n(-c3ccc(OCc4ccc(C(F)(F)F)cc4)cc3)c3cnccc32)C1. The summed E-state index contributed by atoms with van der Waals surface area (Å²) in [4.78, 5) is 31.5. The largest absolute Gasteiger partial charge is 0.489 e. The van der Waals surface area contributed by atoms with Crippen molar-refractivity contribution in [3.05, 3.63) is 101 Å². The van der Waals surface area contributed by atoms with Crippen LogP contribution in [0, 0.1) is 0 Å². The Labute approximate surface area is 210 Å². The number of rotatable bonds is 6. The first-order chi connectivity index (χ1) is 17.8. The molecule has 0 unspecified atom stereocenters. The van der Waals surface area contributed by atoms with Crippen molar-refractivity contribution in [3.63, 3.8) is 0 Å². The summed E-state index contributed by atoms with van der Waals surface area (Å²) in [7, 11) is 0. The van der Waals surface area contributed by atoms with Crippen molar-refractivity contribution in [1.29, 1.82) is 0 Å². The highest BCUT2D eigenvalue weighted by atomic mass is 19.4. The lowest BCUT2D eigenvalue weighted by Crippen LogP contribution is -2.31. The molecule has 10 heteroatoms. The number of carbonyl (C=O) groups excluding carboxylic acids is 1. The van der Waals surface area contributed by atoms with Crippen molar-refractivity contribution in [1.82, 2.24) is 19.0 Å². The van der Waals surface area contributed by atoms with Gasteiger partial charge in [-0.15, -0.1) is 0 Å². The number of imidazole rings is 1. The molecule has 2 aromatic heterocycles. The van der Waals surface area contributed by atoms with Crippen LogP contribution in [-0.2, 0) is 17.6 Å². The first kappa shape index (κ1) is 24.4. The van der Waals surface area contributed by atoms with E-state index in [2.05, 4.69) is 11.6 Å². The number of amides is 1. The van der Waals surface area contributed by atoms with Gasteiger partial charge in [0, 0.05) is 19.3 Å². The molecule has 190 valence electrons. The van der Waals surface area contributed by atoms with E-state index in [9.17, 15) is 22.8 Å². The van der Waals surface area contributed by atoms with Crippen LogP contribution in [0.3, 0.4) is 0 Å². The number of fused-ring (bicyclic) bond motifs is 1. The molecular formula is C27H23F3N4O3. The maximum absolute atomic E-state index is 13.6. The van der Waals surface area contributed by atoms with Gasteiger partial charge in [-0.05, 0) is 60.5 Å². The van der Waals surface area contributed by atoms with Gasteiger partial charge >= 0.3 is 11.9 Å². The molecule has 1 aliphatic heterocycles. The van der Waals surface area contributed by atoms with Crippen LogP contribution in [0.1, 0.15) is 23.6 Å². The molecule has 1 amide bonds. The number of ether oxygens (including phenoxy) is 1. The van der Waals surface area contributed by atoms with Gasteiger partial charge < -0.3 is 9.64 Å². The highest BCUT2D eigenvalue weighted by Crippen LogP contribution is 2.30. The van der Waals surface area contributed by atoms with Crippen molar-refractivity contribution < 1.29 is 22.7 Å². The number of benzene rings is 2. The summed E-state index contributed by atoms with van der Waals surface area (Å²) in [5.41, 5.74) is 1.63. The highest BCUT2D eigenvalue weighted by molar-refractivity contribution is 5.87. The molecule has 0 bridgehead atoms. The van der Waals surface area contributed by atoms with E-state index >= 15 is 0 Å². The van der Waals surface area contributed by atoms with Crippen LogP contribution < -0.4 is 10.4 Å². The van der Waals surface area contributed by atoms with Gasteiger partial charge in [-0.2, -0.15) is 13.2 Å². The minimum Gasteiger partial charge on any atom is -0.489 e. The Morgan fingerprint density at radius 1 is 1.08 bits per heavy atom. The van der Waals surface area contributed by atoms with Gasteiger partial charge in [0.1, 0.15) is 12.4 Å². The van der Waals surface area contributed by atoms with Gasteiger partial charge in [0.2, 0.25) is 5.91 Å². The van der Waals surface area contributed by atoms with Gasteiger partial charge in [0.05, 0.1) is 34.5 Å². The quantitative estimate of drug-likeness (QED) is 0.353. The van der Waals surface area contributed by atoms with E-state index < -0.39 is 11.7 Å². The number of pyridine rings is 1. The Morgan fingerprint density at radius 3 is 2.49 bits per heavy atom. The fourth-order valence-electron chi connectivity index (χ4n) is 4.60. The van der Waals surface area contributed by atoms with Gasteiger partial charge in [-0.25, -0.2) is 4.79 Å². The number of alkyl halides is 3. The molecule has 0 spiro atoms. The van der Waals surface area contributed by atoms with Crippen molar-refractivity contribution in [2.75, 3.05) is 13.1 Å². The van der Waals surface area contributed by atoms with E-state index in [1.54, 1.807) is 56.8 Å². The number of likely N-dealkylation sites (tertiary alicyclic amines) is 1. The zero-order chi connectivity index (χ0) is 26.2. The summed E-state index contributed by atoms with van der Waals surface area (Å²) in [5, 5.41) is 0. The van der Waals surface area contributed by atoms with Gasteiger partial charge in [-0.1, -0.05) is 18.7 Å². The van der Waals surface area contributed by atoms with E-state index in [1.165, 1.54) is 18.2 Å². The van der Waals surface area contributed by atoms with Gasteiger partial charge in [0.25, 0.3) is 0 Å². The molecule has 0 N–H and O–H groups in total. The summed E-state index contributed by atoms with van der Waals surface area (Å²) in [5.74, 6) is 0.348. The number of halogens is 3. The lowest BCUT2D eigenvalue weighted by molar-refractivity contribution is -0.137. The van der Waals surface area contributed by atoms with Crippen LogP contribution in [-0.4, -0.2) is 38.0 Å². The molecule has 0 aliphatic carbocycles. The van der Waals surface area contributed by atoms with E-state index in [0.29, 0.717) is 42.0 Å². The lowest BCUT2D eigenvalue weighted by atomic mass is 10.1. The zero-order valence-electron chi connectivity index (χ0n) is 19.7. The normalized spacial score (nSPS) is 15.8. The summed E-state index contributed by atoms with van der Waals surface area (Å²) in [6.07, 6.45) is 0.801. The second-order valence-corrected chi connectivity index (χ2v) is 8.76. The monoisotopic (exact) mass is 508 g/mol. The average molecular weight is 509 g/mol. The van der Waals surface area contributed by atoms with Crippen molar-refractivity contribution in [3.8, 4) is 11.4 Å². The Balaban J connectivity index is 1.38. The van der Waals surface area contributed by atoms with Crippen molar-refractivity contribution in [2.24, 2.45) is 0 Å². The molecule has 5 rings (SSSR count). The first-order valence-corrected chi connectivity index (χ1v) is 11.6. The summed E-state index contributed by atoms with van der Waals surface area (Å²) < 4.78 is 47.2. The molecule has 7 nitrogen and oxygen atoms in total. The smallest absolute Gasteiger partial charge is 0.416 e. The van der Waals surface area contributed by atoms with Gasteiger partial charge in [0.15, 0.2) is 0 Å². The summed E-state index contributed by atoms with van der Waals surface area (Å²) in [6.45, 7) is 4.61. The third kappa shape index (κ3) is 4.74. The Kier molecular flexibility index (Phi) is 6.32. The minimum atomic E-state index is -4.38. The molecule has 2 aromatic carbocycles. The standard InChI is InChI=1S/C27H23F3N4O3/c1-2-25(35)32-14-12-21(16-32)34-23-11-13-31-15-24(23)33(26(34)36)20-7-9-22(10-8-20)37-17-18-3-5-19(6-4-18)27(28,29)30/h2-11,13,15,21H,1,12,14,16-17H2/t21-/m1/s1. The van der Waals surface area contributed by atoms with Crippen molar-refractivity contribution in [2.45, 2.75) is 25.2 Å². The minimum absolute atomic E-state index is 0.0995. The second-order valence-electron chi connectivity index (χ2n) is 8.76. The van der Waals surface area contributed by atoms with E-state index in [-0.39, 0.29) is 24.2 Å². The Hall–Kier alpha value is -4.34. The molecule has 0 radical (unpaired) electrons. The summed E-state index contributed by atoms with van der Waals surface area (Å²) >= 11 is 0. The zero-order valence-corrected chi connectivity index (χ0v) is 19.7. The number of hydrogen-bond acceptors (Lipinski definition) is 4. The van der Waals surface area contributed by atoms with Crippen LogP contribution in [0.25, 0.3) is 16.7 Å². The average Bonchev–Trinajstić information content (AvgIpc) is 3.49. The number of nitrogens with zero attached hydrogens (tertiary/aromatic N) is 4. The van der Waals surface area contributed by atoms with E-state index in [0.717, 1.165) is 17.6 Å². The predicted molar refractivity (Wildman–Crippen MR) is 132 cm³/mol. The predicted octanol–water partition coefficient (Wildman–Crippen LogP) is 4.74. The molecule has 1 atom stereocenters. The molecular weight excluding hydrogens is 485 g/mol. The van der Waals surface area contributed by atoms with Gasteiger partial charge in [-0.3, -0.25) is 18.9 Å². The molecule has 1 aliphatic rings. The fourth-order valence-corrected chi connectivity index (χ4v) is 4.60. The lowest BCUT2D eigenvalue weighted by Gasteiger charge is -2.15. The van der Waals surface area contributed by atoms with Crippen LogP contribution in [0.5, 0.6) is 5.75 Å². The fraction of sp³-hybridized carbons (Fsp3) is 0.222. The number of carbonyl (C=O) groups is 1. The van der Waals surface area contributed by atoms with Crippen LogP contribution >= 0.6 is 0 Å². The molecule has 1 fully saturated rings.